The number of nitro benzene ring substituents is 1. The highest BCUT2D eigenvalue weighted by atomic mass is 16.6. The van der Waals surface area contributed by atoms with Crippen molar-refractivity contribution in [2.75, 3.05) is 11.6 Å². The molecule has 0 aliphatic heterocycles. The van der Waals surface area contributed by atoms with Gasteiger partial charge in [0, 0.05) is 18.2 Å². The van der Waals surface area contributed by atoms with Crippen LogP contribution in [0.5, 0.6) is 5.75 Å². The van der Waals surface area contributed by atoms with Crippen molar-refractivity contribution in [2.45, 2.75) is 13.8 Å². The summed E-state index contributed by atoms with van der Waals surface area (Å²) < 4.78 is 0. The smallest absolute Gasteiger partial charge is 0.262 e. The standard InChI is InChI=1S/C16H17N3O3/c1-3-18(14-7-4-12(2)5-8-14)17-11-13-6-9-16(20)15(10-13)19(21)22/h4-11,20H,3H2,1-2H3/p-1/b17-11-. The Kier molecular flexibility index (Phi) is 4.73. The average molecular weight is 298 g/mol. The molecular formula is C16H16N3O3-. The first-order chi connectivity index (χ1) is 10.5. The van der Waals surface area contributed by atoms with Crippen molar-refractivity contribution in [2.24, 2.45) is 5.10 Å². The predicted molar refractivity (Wildman–Crippen MR) is 84.3 cm³/mol. The number of nitro groups is 1. The van der Waals surface area contributed by atoms with Crippen molar-refractivity contribution in [1.29, 1.82) is 0 Å². The summed E-state index contributed by atoms with van der Waals surface area (Å²) in [5.41, 5.74) is 2.16. The Labute approximate surface area is 128 Å². The number of hydrazone groups is 1. The zero-order valence-electron chi connectivity index (χ0n) is 12.4. The largest absolute Gasteiger partial charge is 0.868 e. The van der Waals surface area contributed by atoms with E-state index in [1.165, 1.54) is 24.4 Å². The van der Waals surface area contributed by atoms with Crippen molar-refractivity contribution in [3.63, 3.8) is 0 Å². The topological polar surface area (TPSA) is 81.8 Å². The maximum absolute atomic E-state index is 11.4. The van der Waals surface area contributed by atoms with Crippen LogP contribution in [0.4, 0.5) is 11.4 Å². The van der Waals surface area contributed by atoms with Crippen molar-refractivity contribution in [3.8, 4) is 5.75 Å². The molecule has 6 heteroatoms. The molecule has 0 unspecified atom stereocenters. The lowest BCUT2D eigenvalue weighted by Crippen LogP contribution is -2.15. The second kappa shape index (κ2) is 6.71. The lowest BCUT2D eigenvalue weighted by atomic mass is 10.2. The molecule has 0 bridgehead atoms. The van der Waals surface area contributed by atoms with Crippen LogP contribution in [-0.2, 0) is 0 Å². The molecule has 0 saturated carbocycles. The summed E-state index contributed by atoms with van der Waals surface area (Å²) in [4.78, 5) is 10.1. The van der Waals surface area contributed by atoms with Gasteiger partial charge in [0.15, 0.2) is 0 Å². The van der Waals surface area contributed by atoms with Gasteiger partial charge in [-0.05, 0) is 31.7 Å². The Balaban J connectivity index is 2.24. The number of hydrogen-bond donors (Lipinski definition) is 0. The van der Waals surface area contributed by atoms with Crippen LogP contribution in [0.3, 0.4) is 0 Å². The highest BCUT2D eigenvalue weighted by molar-refractivity contribution is 5.82. The fraction of sp³-hybridized carbons (Fsp3) is 0.188. The maximum atomic E-state index is 11.4. The zero-order valence-corrected chi connectivity index (χ0v) is 12.4. The molecular weight excluding hydrogens is 282 g/mol. The van der Waals surface area contributed by atoms with Crippen molar-refractivity contribution in [3.05, 3.63) is 63.7 Å². The summed E-state index contributed by atoms with van der Waals surface area (Å²) in [6, 6.07) is 11.8. The van der Waals surface area contributed by atoms with Gasteiger partial charge in [-0.3, -0.25) is 15.1 Å². The first-order valence-corrected chi connectivity index (χ1v) is 6.85. The minimum absolute atomic E-state index is 0.442. The number of aryl methyl sites for hydroxylation is 1. The van der Waals surface area contributed by atoms with Crippen LogP contribution in [0.25, 0.3) is 0 Å². The Bertz CT molecular complexity index is 696. The van der Waals surface area contributed by atoms with Gasteiger partial charge >= 0.3 is 0 Å². The Morgan fingerprint density at radius 3 is 2.50 bits per heavy atom. The lowest BCUT2D eigenvalue weighted by Gasteiger charge is -2.17. The number of nitrogens with zero attached hydrogens (tertiary/aromatic N) is 3. The minimum atomic E-state index is -0.683. The van der Waals surface area contributed by atoms with Gasteiger partial charge in [-0.1, -0.05) is 29.8 Å². The molecule has 0 spiro atoms. The normalized spacial score (nSPS) is 10.8. The number of rotatable bonds is 5. The molecule has 0 aliphatic carbocycles. The Morgan fingerprint density at radius 2 is 1.91 bits per heavy atom. The van der Waals surface area contributed by atoms with Gasteiger partial charge in [0.2, 0.25) is 0 Å². The van der Waals surface area contributed by atoms with E-state index in [1.807, 2.05) is 38.1 Å². The van der Waals surface area contributed by atoms with E-state index in [9.17, 15) is 15.2 Å². The van der Waals surface area contributed by atoms with Crippen LogP contribution in [0.1, 0.15) is 18.1 Å². The van der Waals surface area contributed by atoms with Crippen LogP contribution in [0.15, 0.2) is 47.6 Å². The molecule has 2 aromatic carbocycles. The van der Waals surface area contributed by atoms with Crippen LogP contribution in [0, 0.1) is 17.0 Å². The van der Waals surface area contributed by atoms with E-state index < -0.39 is 16.4 Å². The van der Waals surface area contributed by atoms with Crippen LogP contribution in [0.2, 0.25) is 0 Å². The minimum Gasteiger partial charge on any atom is -0.868 e. The summed E-state index contributed by atoms with van der Waals surface area (Å²) in [7, 11) is 0. The average Bonchev–Trinajstić information content (AvgIpc) is 2.50. The first-order valence-electron chi connectivity index (χ1n) is 6.85. The van der Waals surface area contributed by atoms with Gasteiger partial charge in [0.1, 0.15) is 0 Å². The molecule has 0 aliphatic rings. The SMILES string of the molecule is CCN(/N=C\c1ccc([O-])c([N+](=O)[O-])c1)c1ccc(C)cc1. The van der Waals surface area contributed by atoms with E-state index in [2.05, 4.69) is 5.10 Å². The number of anilines is 1. The van der Waals surface area contributed by atoms with Crippen molar-refractivity contribution < 1.29 is 10.0 Å². The monoisotopic (exact) mass is 298 g/mol. The molecule has 2 aromatic rings. The Hall–Kier alpha value is -2.89. The molecule has 0 aromatic heterocycles. The zero-order chi connectivity index (χ0) is 16.1. The Morgan fingerprint density at radius 1 is 1.23 bits per heavy atom. The summed E-state index contributed by atoms with van der Waals surface area (Å²) in [6.07, 6.45) is 1.51. The molecule has 0 fully saturated rings. The molecule has 114 valence electrons. The summed E-state index contributed by atoms with van der Waals surface area (Å²) in [6.45, 7) is 4.62. The highest BCUT2D eigenvalue weighted by Crippen LogP contribution is 2.23. The van der Waals surface area contributed by atoms with Gasteiger partial charge in [0.25, 0.3) is 5.69 Å². The van der Waals surface area contributed by atoms with E-state index in [-0.39, 0.29) is 0 Å². The van der Waals surface area contributed by atoms with Gasteiger partial charge in [-0.15, -0.1) is 0 Å². The molecule has 0 radical (unpaired) electrons. The molecule has 0 atom stereocenters. The number of benzene rings is 2. The van der Waals surface area contributed by atoms with E-state index in [0.29, 0.717) is 12.1 Å². The number of hydrogen-bond acceptors (Lipinski definition) is 5. The lowest BCUT2D eigenvalue weighted by molar-refractivity contribution is -0.398. The predicted octanol–water partition coefficient (Wildman–Crippen LogP) is 2.84. The second-order valence-electron chi connectivity index (χ2n) is 4.78. The van der Waals surface area contributed by atoms with E-state index >= 15 is 0 Å². The fourth-order valence-corrected chi connectivity index (χ4v) is 1.94. The van der Waals surface area contributed by atoms with Gasteiger partial charge < -0.3 is 5.11 Å². The van der Waals surface area contributed by atoms with Gasteiger partial charge in [0.05, 0.1) is 16.8 Å². The van der Waals surface area contributed by atoms with E-state index in [4.69, 9.17) is 0 Å². The summed E-state index contributed by atoms with van der Waals surface area (Å²) >= 11 is 0. The third-order valence-corrected chi connectivity index (χ3v) is 3.16. The van der Waals surface area contributed by atoms with Crippen molar-refractivity contribution >= 4 is 17.6 Å². The van der Waals surface area contributed by atoms with Gasteiger partial charge in [-0.2, -0.15) is 5.10 Å². The van der Waals surface area contributed by atoms with Gasteiger partial charge in [-0.25, -0.2) is 0 Å². The molecule has 6 nitrogen and oxygen atoms in total. The summed E-state index contributed by atoms with van der Waals surface area (Å²) in [5, 5.41) is 28.2. The highest BCUT2D eigenvalue weighted by Gasteiger charge is 2.07. The molecule has 0 saturated heterocycles. The molecule has 2 rings (SSSR count). The second-order valence-corrected chi connectivity index (χ2v) is 4.78. The van der Waals surface area contributed by atoms with Crippen LogP contribution in [-0.4, -0.2) is 17.7 Å². The maximum Gasteiger partial charge on any atom is 0.262 e. The molecule has 22 heavy (non-hydrogen) atoms. The first kappa shape index (κ1) is 15.5. The van der Waals surface area contributed by atoms with E-state index in [1.54, 1.807) is 5.01 Å². The molecule has 0 N–H and O–H groups in total. The third-order valence-electron chi connectivity index (χ3n) is 3.16. The van der Waals surface area contributed by atoms with Crippen LogP contribution < -0.4 is 10.1 Å². The van der Waals surface area contributed by atoms with Crippen molar-refractivity contribution in [1.82, 2.24) is 0 Å². The molecule has 0 amide bonds. The third kappa shape index (κ3) is 3.60. The quantitative estimate of drug-likeness (QED) is 0.483. The fourth-order valence-electron chi connectivity index (χ4n) is 1.94. The van der Waals surface area contributed by atoms with Crippen LogP contribution >= 0.6 is 0 Å². The van der Waals surface area contributed by atoms with E-state index in [0.717, 1.165) is 11.3 Å². The summed E-state index contributed by atoms with van der Waals surface area (Å²) in [5.74, 6) is -0.604. The molecule has 0 heterocycles.